The molecule has 0 bridgehead atoms. The van der Waals surface area contributed by atoms with E-state index in [1.807, 2.05) is 0 Å². The number of piperidine rings is 1. The Bertz CT molecular complexity index is 878. The van der Waals surface area contributed by atoms with Crippen molar-refractivity contribution in [1.29, 1.82) is 0 Å². The van der Waals surface area contributed by atoms with Gasteiger partial charge in [-0.2, -0.15) is 0 Å². The molecule has 1 atom stereocenters. The van der Waals surface area contributed by atoms with Crippen LogP contribution in [0.4, 0.5) is 0 Å². The number of halogens is 1. The molecule has 1 aliphatic heterocycles. The van der Waals surface area contributed by atoms with Gasteiger partial charge in [-0.25, -0.2) is 14.3 Å². The molecule has 138 valence electrons. The van der Waals surface area contributed by atoms with E-state index >= 15 is 0 Å². The van der Waals surface area contributed by atoms with E-state index in [0.29, 0.717) is 23.6 Å². The first kappa shape index (κ1) is 19.2. The standard InChI is InChI=1S/C15H22N6O3.ClH/c1-19-9-18-13-12(19)14(23)21(15(24)20(13)2)8-11(22)17-7-10-4-3-5-16-6-10;/h9-10,16H,3-8H2,1-2H3,(H,17,22);1H. The first-order valence-corrected chi connectivity index (χ1v) is 8.07. The molecular formula is C15H23ClN6O3. The molecule has 0 aromatic carbocycles. The summed E-state index contributed by atoms with van der Waals surface area (Å²) < 4.78 is 3.80. The van der Waals surface area contributed by atoms with Crippen molar-refractivity contribution in [3.05, 3.63) is 27.2 Å². The molecule has 0 aliphatic carbocycles. The van der Waals surface area contributed by atoms with Gasteiger partial charge in [0.2, 0.25) is 5.91 Å². The van der Waals surface area contributed by atoms with Crippen molar-refractivity contribution >= 4 is 29.5 Å². The summed E-state index contributed by atoms with van der Waals surface area (Å²) in [7, 11) is 3.22. The lowest BCUT2D eigenvalue weighted by molar-refractivity contribution is -0.122. The number of nitrogens with zero attached hydrogens (tertiary/aromatic N) is 4. The van der Waals surface area contributed by atoms with Gasteiger partial charge < -0.3 is 15.2 Å². The average Bonchev–Trinajstić information content (AvgIpc) is 2.98. The molecule has 0 spiro atoms. The highest BCUT2D eigenvalue weighted by atomic mass is 35.5. The number of carbonyl (C=O) groups excluding carboxylic acids is 1. The van der Waals surface area contributed by atoms with Gasteiger partial charge >= 0.3 is 5.69 Å². The first-order valence-electron chi connectivity index (χ1n) is 8.07. The number of fused-ring (bicyclic) bond motifs is 1. The van der Waals surface area contributed by atoms with Crippen LogP contribution in [-0.4, -0.2) is 44.2 Å². The highest BCUT2D eigenvalue weighted by molar-refractivity contribution is 5.85. The SMILES string of the molecule is Cl.Cn1cnc2c1c(=O)n(CC(=O)NCC1CCCNC1)c(=O)n2C. The van der Waals surface area contributed by atoms with E-state index in [-0.39, 0.29) is 24.9 Å². The van der Waals surface area contributed by atoms with Gasteiger partial charge in [0.1, 0.15) is 6.54 Å². The van der Waals surface area contributed by atoms with Crippen molar-refractivity contribution in [3.63, 3.8) is 0 Å². The van der Waals surface area contributed by atoms with E-state index in [1.165, 1.54) is 10.9 Å². The van der Waals surface area contributed by atoms with Crippen LogP contribution in [0.3, 0.4) is 0 Å². The predicted octanol–water partition coefficient (Wildman–Crippen LogP) is -1.03. The van der Waals surface area contributed by atoms with Crippen molar-refractivity contribution in [2.24, 2.45) is 20.0 Å². The second kappa shape index (κ2) is 7.83. The molecular weight excluding hydrogens is 348 g/mol. The molecule has 0 saturated carbocycles. The van der Waals surface area contributed by atoms with Crippen LogP contribution in [0.5, 0.6) is 0 Å². The molecule has 9 nitrogen and oxygen atoms in total. The number of nitrogens with one attached hydrogen (secondary N) is 2. The van der Waals surface area contributed by atoms with E-state index in [0.717, 1.165) is 30.5 Å². The van der Waals surface area contributed by atoms with Crippen molar-refractivity contribution in [3.8, 4) is 0 Å². The Hall–Kier alpha value is -2.13. The Labute approximate surface area is 150 Å². The van der Waals surface area contributed by atoms with Gasteiger partial charge in [0.05, 0.1) is 6.33 Å². The molecule has 25 heavy (non-hydrogen) atoms. The number of amides is 1. The first-order chi connectivity index (χ1) is 11.5. The molecule has 1 unspecified atom stereocenters. The van der Waals surface area contributed by atoms with Gasteiger partial charge in [-0.15, -0.1) is 12.4 Å². The minimum Gasteiger partial charge on any atom is -0.354 e. The van der Waals surface area contributed by atoms with Gasteiger partial charge in [-0.05, 0) is 31.8 Å². The zero-order valence-corrected chi connectivity index (χ0v) is 15.1. The maximum atomic E-state index is 12.5. The van der Waals surface area contributed by atoms with Crippen molar-refractivity contribution in [1.82, 2.24) is 29.3 Å². The number of hydrogen-bond donors (Lipinski definition) is 2. The Morgan fingerprint density at radius 3 is 2.84 bits per heavy atom. The van der Waals surface area contributed by atoms with Crippen LogP contribution in [0.15, 0.2) is 15.9 Å². The van der Waals surface area contributed by atoms with E-state index in [2.05, 4.69) is 15.6 Å². The Morgan fingerprint density at radius 2 is 2.16 bits per heavy atom. The Balaban J connectivity index is 0.00000225. The van der Waals surface area contributed by atoms with Crippen molar-refractivity contribution in [2.75, 3.05) is 19.6 Å². The molecule has 3 rings (SSSR count). The summed E-state index contributed by atoms with van der Waals surface area (Å²) in [5, 5.41) is 6.11. The molecule has 1 amide bonds. The largest absolute Gasteiger partial charge is 0.354 e. The molecule has 1 fully saturated rings. The highest BCUT2D eigenvalue weighted by Gasteiger charge is 2.18. The van der Waals surface area contributed by atoms with Crippen LogP contribution in [0, 0.1) is 5.92 Å². The quantitative estimate of drug-likeness (QED) is 0.716. The molecule has 3 heterocycles. The van der Waals surface area contributed by atoms with Crippen LogP contribution >= 0.6 is 12.4 Å². The Kier molecular flexibility index (Phi) is 6.02. The monoisotopic (exact) mass is 370 g/mol. The Morgan fingerprint density at radius 1 is 1.40 bits per heavy atom. The zero-order valence-electron chi connectivity index (χ0n) is 14.3. The van der Waals surface area contributed by atoms with Crippen LogP contribution in [-0.2, 0) is 25.4 Å². The van der Waals surface area contributed by atoms with Gasteiger partial charge in [-0.3, -0.25) is 14.2 Å². The smallest absolute Gasteiger partial charge is 0.332 e. The molecule has 2 aromatic heterocycles. The van der Waals surface area contributed by atoms with E-state index in [9.17, 15) is 14.4 Å². The second-order valence-electron chi connectivity index (χ2n) is 6.28. The zero-order chi connectivity index (χ0) is 17.3. The van der Waals surface area contributed by atoms with E-state index in [1.54, 1.807) is 18.7 Å². The molecule has 2 aromatic rings. The minimum atomic E-state index is -0.541. The third-order valence-electron chi connectivity index (χ3n) is 4.49. The van der Waals surface area contributed by atoms with Crippen LogP contribution in [0.2, 0.25) is 0 Å². The second-order valence-corrected chi connectivity index (χ2v) is 6.28. The summed E-state index contributed by atoms with van der Waals surface area (Å²) in [5.74, 6) is 0.0584. The highest BCUT2D eigenvalue weighted by Crippen LogP contribution is 2.08. The lowest BCUT2D eigenvalue weighted by Gasteiger charge is -2.22. The lowest BCUT2D eigenvalue weighted by atomic mass is 10.00. The number of imidazole rings is 1. The van der Waals surface area contributed by atoms with Crippen molar-refractivity contribution in [2.45, 2.75) is 19.4 Å². The van der Waals surface area contributed by atoms with Crippen LogP contribution in [0.1, 0.15) is 12.8 Å². The van der Waals surface area contributed by atoms with E-state index < -0.39 is 11.2 Å². The van der Waals surface area contributed by atoms with Gasteiger partial charge in [-0.1, -0.05) is 0 Å². The van der Waals surface area contributed by atoms with Gasteiger partial charge in [0.25, 0.3) is 5.56 Å². The lowest BCUT2D eigenvalue weighted by Crippen LogP contribution is -2.45. The summed E-state index contributed by atoms with van der Waals surface area (Å²) in [6, 6.07) is 0. The molecule has 2 N–H and O–H groups in total. The minimum absolute atomic E-state index is 0. The molecule has 1 aliphatic rings. The number of carbonyl (C=O) groups is 1. The number of rotatable bonds is 4. The summed E-state index contributed by atoms with van der Waals surface area (Å²) in [6.45, 7) is 2.16. The molecule has 10 heteroatoms. The van der Waals surface area contributed by atoms with Crippen molar-refractivity contribution < 1.29 is 4.79 Å². The third kappa shape index (κ3) is 3.77. The third-order valence-corrected chi connectivity index (χ3v) is 4.49. The summed E-state index contributed by atoms with van der Waals surface area (Å²) in [4.78, 5) is 41.1. The fourth-order valence-electron chi connectivity index (χ4n) is 3.09. The number of aryl methyl sites for hydroxylation is 2. The molecule has 0 radical (unpaired) electrons. The molecule has 1 saturated heterocycles. The average molecular weight is 371 g/mol. The topological polar surface area (TPSA) is 103 Å². The summed E-state index contributed by atoms with van der Waals surface area (Å²) in [5.41, 5.74) is -0.415. The number of hydrogen-bond acceptors (Lipinski definition) is 5. The summed E-state index contributed by atoms with van der Waals surface area (Å²) >= 11 is 0. The summed E-state index contributed by atoms with van der Waals surface area (Å²) in [6.07, 6.45) is 3.64. The van der Waals surface area contributed by atoms with Gasteiger partial charge in [0, 0.05) is 20.6 Å². The predicted molar refractivity (Wildman–Crippen MR) is 96.1 cm³/mol. The maximum Gasteiger partial charge on any atom is 0.332 e. The van der Waals surface area contributed by atoms with E-state index in [4.69, 9.17) is 0 Å². The number of aromatic nitrogens is 4. The van der Waals surface area contributed by atoms with Crippen LogP contribution in [0.25, 0.3) is 11.2 Å². The fourth-order valence-corrected chi connectivity index (χ4v) is 3.09. The maximum absolute atomic E-state index is 12.5. The normalized spacial score (nSPS) is 17.3. The van der Waals surface area contributed by atoms with Gasteiger partial charge in [0.15, 0.2) is 11.2 Å². The van der Waals surface area contributed by atoms with Crippen LogP contribution < -0.4 is 21.9 Å². The fraction of sp³-hybridized carbons (Fsp3) is 0.600.